The first-order valence-corrected chi connectivity index (χ1v) is 10.0. The van der Waals surface area contributed by atoms with Crippen molar-refractivity contribution < 1.29 is 4.79 Å². The molecule has 0 unspecified atom stereocenters. The first kappa shape index (κ1) is 21.5. The SMILES string of the molecule is CCNC(=NCc1ccc(C(=O)N(CC)CC)cc1)N(C)Cc1ccccc1. The van der Waals surface area contributed by atoms with Gasteiger partial charge in [0.25, 0.3) is 5.91 Å². The average molecular weight is 381 g/mol. The molecule has 0 fully saturated rings. The quantitative estimate of drug-likeness (QED) is 0.560. The Labute approximate surface area is 169 Å². The molecule has 28 heavy (non-hydrogen) atoms. The minimum atomic E-state index is 0.0796. The molecule has 0 aliphatic heterocycles. The molecule has 0 aliphatic rings. The summed E-state index contributed by atoms with van der Waals surface area (Å²) in [6, 6.07) is 18.1. The maximum atomic E-state index is 12.4. The molecule has 2 aromatic carbocycles. The van der Waals surface area contributed by atoms with E-state index in [1.54, 1.807) is 0 Å². The van der Waals surface area contributed by atoms with Gasteiger partial charge in [-0.3, -0.25) is 4.79 Å². The standard InChI is InChI=1S/C23H32N4O/c1-5-24-23(26(4)18-20-11-9-8-10-12-20)25-17-19-13-15-21(16-14-19)22(28)27(6-2)7-3/h8-16H,5-7,17-18H2,1-4H3,(H,24,25). The van der Waals surface area contributed by atoms with Crippen LogP contribution >= 0.6 is 0 Å². The Morgan fingerprint density at radius 3 is 2.14 bits per heavy atom. The lowest BCUT2D eigenvalue weighted by molar-refractivity contribution is 0.0773. The molecule has 1 N–H and O–H groups in total. The van der Waals surface area contributed by atoms with Crippen LogP contribution in [0.4, 0.5) is 0 Å². The summed E-state index contributed by atoms with van der Waals surface area (Å²) in [4.78, 5) is 21.1. The molecular weight excluding hydrogens is 348 g/mol. The summed E-state index contributed by atoms with van der Waals surface area (Å²) < 4.78 is 0. The fraction of sp³-hybridized carbons (Fsp3) is 0.391. The van der Waals surface area contributed by atoms with Gasteiger partial charge in [-0.2, -0.15) is 0 Å². The third kappa shape index (κ3) is 6.12. The number of carbonyl (C=O) groups excluding carboxylic acids is 1. The zero-order valence-corrected chi connectivity index (χ0v) is 17.5. The number of rotatable bonds is 8. The lowest BCUT2D eigenvalue weighted by Gasteiger charge is -2.22. The maximum Gasteiger partial charge on any atom is 0.253 e. The molecule has 1 amide bonds. The highest BCUT2D eigenvalue weighted by Crippen LogP contribution is 2.10. The van der Waals surface area contributed by atoms with Gasteiger partial charge in [-0.15, -0.1) is 0 Å². The summed E-state index contributed by atoms with van der Waals surface area (Å²) >= 11 is 0. The summed E-state index contributed by atoms with van der Waals surface area (Å²) in [7, 11) is 2.04. The van der Waals surface area contributed by atoms with E-state index in [0.29, 0.717) is 6.54 Å². The van der Waals surface area contributed by atoms with Gasteiger partial charge in [0.05, 0.1) is 6.54 Å². The van der Waals surface area contributed by atoms with E-state index in [0.717, 1.165) is 43.3 Å². The van der Waals surface area contributed by atoms with E-state index in [1.807, 2.05) is 68.3 Å². The zero-order valence-electron chi connectivity index (χ0n) is 17.5. The molecule has 0 bridgehead atoms. The van der Waals surface area contributed by atoms with E-state index in [-0.39, 0.29) is 5.91 Å². The van der Waals surface area contributed by atoms with Crippen LogP contribution < -0.4 is 5.32 Å². The lowest BCUT2D eigenvalue weighted by Crippen LogP contribution is -2.38. The summed E-state index contributed by atoms with van der Waals surface area (Å²) in [5.41, 5.74) is 3.05. The van der Waals surface area contributed by atoms with Gasteiger partial charge in [0.15, 0.2) is 5.96 Å². The number of nitrogens with zero attached hydrogens (tertiary/aromatic N) is 3. The van der Waals surface area contributed by atoms with Crippen LogP contribution in [0.1, 0.15) is 42.3 Å². The van der Waals surface area contributed by atoms with E-state index in [1.165, 1.54) is 5.56 Å². The first-order chi connectivity index (χ1) is 13.6. The fourth-order valence-corrected chi connectivity index (χ4v) is 3.01. The van der Waals surface area contributed by atoms with Crippen molar-refractivity contribution >= 4 is 11.9 Å². The molecule has 0 saturated carbocycles. The second kappa shape index (κ2) is 11.1. The summed E-state index contributed by atoms with van der Waals surface area (Å²) in [5, 5.41) is 3.35. The first-order valence-electron chi connectivity index (χ1n) is 10.0. The topological polar surface area (TPSA) is 47.9 Å². The number of amides is 1. The predicted molar refractivity (Wildman–Crippen MR) is 116 cm³/mol. The van der Waals surface area contributed by atoms with Gasteiger partial charge in [-0.25, -0.2) is 4.99 Å². The highest BCUT2D eigenvalue weighted by molar-refractivity contribution is 5.94. The van der Waals surface area contributed by atoms with Crippen LogP contribution in [-0.4, -0.2) is 48.3 Å². The molecule has 0 heterocycles. The van der Waals surface area contributed by atoms with Gasteiger partial charge in [0, 0.05) is 38.8 Å². The third-order valence-electron chi connectivity index (χ3n) is 4.62. The van der Waals surface area contributed by atoms with E-state index in [4.69, 9.17) is 4.99 Å². The highest BCUT2D eigenvalue weighted by atomic mass is 16.2. The molecule has 2 aromatic rings. The normalized spacial score (nSPS) is 11.2. The lowest BCUT2D eigenvalue weighted by atomic mass is 10.1. The van der Waals surface area contributed by atoms with Crippen LogP contribution in [0.3, 0.4) is 0 Å². The monoisotopic (exact) mass is 380 g/mol. The Hall–Kier alpha value is -2.82. The molecule has 150 valence electrons. The molecule has 0 radical (unpaired) electrons. The highest BCUT2D eigenvalue weighted by Gasteiger charge is 2.12. The number of nitrogens with one attached hydrogen (secondary N) is 1. The third-order valence-corrected chi connectivity index (χ3v) is 4.62. The number of aliphatic imine (C=N–C) groups is 1. The van der Waals surface area contributed by atoms with Gasteiger partial charge >= 0.3 is 0 Å². The Morgan fingerprint density at radius 2 is 1.57 bits per heavy atom. The second-order valence-electron chi connectivity index (χ2n) is 6.69. The summed E-state index contributed by atoms with van der Waals surface area (Å²) in [6.45, 7) is 9.69. The van der Waals surface area contributed by atoms with Crippen molar-refractivity contribution in [2.45, 2.75) is 33.9 Å². The van der Waals surface area contributed by atoms with E-state index < -0.39 is 0 Å². The van der Waals surface area contributed by atoms with Gasteiger partial charge in [-0.1, -0.05) is 42.5 Å². The molecule has 0 aromatic heterocycles. The van der Waals surface area contributed by atoms with Crippen molar-refractivity contribution in [2.24, 2.45) is 4.99 Å². The number of hydrogen-bond acceptors (Lipinski definition) is 2. The number of carbonyl (C=O) groups is 1. The van der Waals surface area contributed by atoms with Gasteiger partial charge < -0.3 is 15.1 Å². The Kier molecular flexibility index (Phi) is 8.53. The minimum absolute atomic E-state index is 0.0796. The van der Waals surface area contributed by atoms with Crippen molar-refractivity contribution in [1.82, 2.24) is 15.1 Å². The molecular formula is C23H32N4O. The molecule has 5 nitrogen and oxygen atoms in total. The van der Waals surface area contributed by atoms with Gasteiger partial charge in [0.1, 0.15) is 0 Å². The fourth-order valence-electron chi connectivity index (χ4n) is 3.01. The van der Waals surface area contributed by atoms with Crippen LogP contribution in [0.2, 0.25) is 0 Å². The largest absolute Gasteiger partial charge is 0.357 e. The van der Waals surface area contributed by atoms with Crippen molar-refractivity contribution in [2.75, 3.05) is 26.7 Å². The van der Waals surface area contributed by atoms with Crippen molar-refractivity contribution in [3.05, 3.63) is 71.3 Å². The van der Waals surface area contributed by atoms with Gasteiger partial charge in [0.2, 0.25) is 0 Å². The van der Waals surface area contributed by atoms with Crippen molar-refractivity contribution in [3.8, 4) is 0 Å². The number of benzene rings is 2. The smallest absolute Gasteiger partial charge is 0.253 e. The number of guanidine groups is 1. The molecule has 0 atom stereocenters. The van der Waals surface area contributed by atoms with E-state index in [9.17, 15) is 4.79 Å². The van der Waals surface area contributed by atoms with E-state index in [2.05, 4.69) is 29.3 Å². The molecule has 0 aliphatic carbocycles. The van der Waals surface area contributed by atoms with Crippen LogP contribution in [-0.2, 0) is 13.1 Å². The summed E-state index contributed by atoms with van der Waals surface area (Å²) in [6.07, 6.45) is 0. The predicted octanol–water partition coefficient (Wildman–Crippen LogP) is 3.77. The number of hydrogen-bond donors (Lipinski definition) is 1. The van der Waals surface area contributed by atoms with Crippen molar-refractivity contribution in [3.63, 3.8) is 0 Å². The zero-order chi connectivity index (χ0) is 20.4. The molecule has 2 rings (SSSR count). The molecule has 0 spiro atoms. The summed E-state index contributed by atoms with van der Waals surface area (Å²) in [5.74, 6) is 0.950. The Bertz CT molecular complexity index is 752. The maximum absolute atomic E-state index is 12.4. The van der Waals surface area contributed by atoms with Gasteiger partial charge in [-0.05, 0) is 44.0 Å². The minimum Gasteiger partial charge on any atom is -0.357 e. The second-order valence-corrected chi connectivity index (χ2v) is 6.69. The van der Waals surface area contributed by atoms with Crippen LogP contribution in [0, 0.1) is 0 Å². The van der Waals surface area contributed by atoms with E-state index >= 15 is 0 Å². The van der Waals surface area contributed by atoms with Crippen LogP contribution in [0.25, 0.3) is 0 Å². The molecule has 5 heteroatoms. The van der Waals surface area contributed by atoms with Crippen molar-refractivity contribution in [1.29, 1.82) is 0 Å². The van der Waals surface area contributed by atoms with Crippen LogP contribution in [0.15, 0.2) is 59.6 Å². The average Bonchev–Trinajstić information content (AvgIpc) is 2.73. The Morgan fingerprint density at radius 1 is 0.929 bits per heavy atom. The van der Waals surface area contributed by atoms with Crippen LogP contribution in [0.5, 0.6) is 0 Å². The Balaban J connectivity index is 2.04. The molecule has 0 saturated heterocycles.